The molecule has 0 aliphatic carbocycles. The van der Waals surface area contributed by atoms with Gasteiger partial charge in [-0.25, -0.2) is 0 Å². The first-order valence-electron chi connectivity index (χ1n) is 5.52. The van der Waals surface area contributed by atoms with Crippen molar-refractivity contribution in [2.45, 2.75) is 18.6 Å². The minimum absolute atomic E-state index is 0.461. The van der Waals surface area contributed by atoms with Crippen LogP contribution in [0.3, 0.4) is 0 Å². The second-order valence-electron chi connectivity index (χ2n) is 3.97. The number of H-pyrrole nitrogens is 1. The van der Waals surface area contributed by atoms with Crippen molar-refractivity contribution in [3.63, 3.8) is 0 Å². The van der Waals surface area contributed by atoms with Gasteiger partial charge in [0.05, 0.1) is 29.7 Å². The number of aromatic amines is 1. The lowest BCUT2D eigenvalue weighted by Crippen LogP contribution is -2.23. The summed E-state index contributed by atoms with van der Waals surface area (Å²) < 4.78 is 0. The Morgan fingerprint density at radius 2 is 2.24 bits per heavy atom. The van der Waals surface area contributed by atoms with Crippen molar-refractivity contribution in [2.75, 3.05) is 13.6 Å². The van der Waals surface area contributed by atoms with Crippen molar-refractivity contribution in [3.05, 3.63) is 24.2 Å². The number of hydrogen-bond donors (Lipinski definition) is 4. The summed E-state index contributed by atoms with van der Waals surface area (Å²) in [7, 11) is 1.80. The quantitative estimate of drug-likeness (QED) is 0.584. The minimum Gasteiger partial charge on any atom is -0.390 e. The fraction of sp³-hybridized carbons (Fsp3) is 0.455. The molecule has 6 heteroatoms. The fourth-order valence-electron chi connectivity index (χ4n) is 1.67. The van der Waals surface area contributed by atoms with E-state index in [1.807, 2.05) is 0 Å². The van der Waals surface area contributed by atoms with E-state index in [4.69, 9.17) is 0 Å². The molecular weight excluding hydrogens is 220 g/mol. The average Bonchev–Trinajstić information content (AvgIpc) is 2.81. The van der Waals surface area contributed by atoms with E-state index in [1.54, 1.807) is 25.5 Å². The summed E-state index contributed by atoms with van der Waals surface area (Å²) in [6, 6.07) is 1.73. The molecule has 0 fully saturated rings. The lowest BCUT2D eigenvalue weighted by molar-refractivity contribution is 0.0116. The zero-order chi connectivity index (χ0) is 12.3. The number of aliphatic hydroxyl groups excluding tert-OH is 2. The van der Waals surface area contributed by atoms with Gasteiger partial charge in [0.2, 0.25) is 0 Å². The molecule has 0 aromatic carbocycles. The molecule has 92 valence electrons. The second-order valence-corrected chi connectivity index (χ2v) is 3.97. The fourth-order valence-corrected chi connectivity index (χ4v) is 1.67. The van der Waals surface area contributed by atoms with Crippen molar-refractivity contribution in [1.29, 1.82) is 0 Å². The largest absolute Gasteiger partial charge is 0.390 e. The van der Waals surface area contributed by atoms with Gasteiger partial charge in [-0.2, -0.15) is 5.10 Å². The SMILES string of the molecule is CNCCC(O)C(O)c1cc2cn[nH]c2cn1. The van der Waals surface area contributed by atoms with Crippen LogP contribution in [0, 0.1) is 0 Å². The first-order chi connectivity index (χ1) is 8.22. The first kappa shape index (κ1) is 12.0. The molecule has 0 spiro atoms. The van der Waals surface area contributed by atoms with Crippen LogP contribution in [0.15, 0.2) is 18.5 Å². The monoisotopic (exact) mass is 236 g/mol. The Hall–Kier alpha value is -1.50. The van der Waals surface area contributed by atoms with Crippen molar-refractivity contribution in [3.8, 4) is 0 Å². The Labute approximate surface area is 98.7 Å². The van der Waals surface area contributed by atoms with Crippen LogP contribution < -0.4 is 5.32 Å². The summed E-state index contributed by atoms with van der Waals surface area (Å²) in [6.07, 6.45) is 1.95. The summed E-state index contributed by atoms with van der Waals surface area (Å²) in [4.78, 5) is 4.11. The van der Waals surface area contributed by atoms with Gasteiger partial charge in [0.25, 0.3) is 0 Å². The van der Waals surface area contributed by atoms with E-state index in [0.29, 0.717) is 18.7 Å². The first-order valence-corrected chi connectivity index (χ1v) is 5.52. The maximum Gasteiger partial charge on any atom is 0.122 e. The van der Waals surface area contributed by atoms with E-state index in [9.17, 15) is 10.2 Å². The molecule has 2 heterocycles. The topological polar surface area (TPSA) is 94.1 Å². The molecule has 2 aromatic heterocycles. The van der Waals surface area contributed by atoms with Gasteiger partial charge in [-0.3, -0.25) is 10.1 Å². The van der Waals surface area contributed by atoms with E-state index in [2.05, 4.69) is 20.5 Å². The van der Waals surface area contributed by atoms with Gasteiger partial charge >= 0.3 is 0 Å². The van der Waals surface area contributed by atoms with E-state index in [-0.39, 0.29) is 0 Å². The standard InChI is InChI=1S/C11H16N4O2/c1-12-3-2-10(16)11(17)8-4-7-5-14-15-9(7)6-13-8/h4-6,10-12,16-17H,2-3H2,1H3,(H,14,15). The summed E-state index contributed by atoms with van der Waals surface area (Å²) >= 11 is 0. The van der Waals surface area contributed by atoms with E-state index in [1.165, 1.54) is 0 Å². The maximum atomic E-state index is 9.94. The third-order valence-electron chi connectivity index (χ3n) is 2.70. The third kappa shape index (κ3) is 2.60. The van der Waals surface area contributed by atoms with E-state index in [0.717, 1.165) is 10.9 Å². The van der Waals surface area contributed by atoms with E-state index >= 15 is 0 Å². The number of hydrogen-bond acceptors (Lipinski definition) is 5. The number of rotatable bonds is 5. The van der Waals surface area contributed by atoms with Crippen molar-refractivity contribution >= 4 is 10.9 Å². The highest BCUT2D eigenvalue weighted by Gasteiger charge is 2.19. The van der Waals surface area contributed by atoms with Gasteiger partial charge in [-0.1, -0.05) is 0 Å². The van der Waals surface area contributed by atoms with Gasteiger partial charge in [0.1, 0.15) is 6.10 Å². The highest BCUT2D eigenvalue weighted by Crippen LogP contribution is 2.20. The van der Waals surface area contributed by atoms with Gasteiger partial charge in [0, 0.05) is 5.39 Å². The molecule has 0 amide bonds. The van der Waals surface area contributed by atoms with Crippen LogP contribution in [0.5, 0.6) is 0 Å². The van der Waals surface area contributed by atoms with Crippen LogP contribution in [-0.4, -0.2) is 45.1 Å². The number of pyridine rings is 1. The number of aromatic nitrogens is 3. The molecule has 0 aliphatic rings. The Kier molecular flexibility index (Phi) is 3.68. The Morgan fingerprint density at radius 3 is 3.00 bits per heavy atom. The van der Waals surface area contributed by atoms with Crippen LogP contribution in [0.4, 0.5) is 0 Å². The summed E-state index contributed by atoms with van der Waals surface area (Å²) in [5, 5.41) is 30.2. The van der Waals surface area contributed by atoms with Gasteiger partial charge in [0.15, 0.2) is 0 Å². The minimum atomic E-state index is -0.970. The van der Waals surface area contributed by atoms with Crippen LogP contribution in [0.25, 0.3) is 10.9 Å². The Morgan fingerprint density at radius 1 is 1.41 bits per heavy atom. The molecule has 2 atom stereocenters. The zero-order valence-corrected chi connectivity index (χ0v) is 9.59. The summed E-state index contributed by atoms with van der Waals surface area (Å²) in [5.74, 6) is 0. The molecule has 0 saturated carbocycles. The average molecular weight is 236 g/mol. The summed E-state index contributed by atoms with van der Waals surface area (Å²) in [5.41, 5.74) is 1.27. The molecule has 0 saturated heterocycles. The lowest BCUT2D eigenvalue weighted by atomic mass is 10.1. The molecule has 17 heavy (non-hydrogen) atoms. The lowest BCUT2D eigenvalue weighted by Gasteiger charge is -2.17. The molecule has 6 nitrogen and oxygen atoms in total. The molecule has 2 unspecified atom stereocenters. The maximum absolute atomic E-state index is 9.94. The Balaban J connectivity index is 2.14. The molecule has 0 aliphatic heterocycles. The molecule has 4 N–H and O–H groups in total. The highest BCUT2D eigenvalue weighted by molar-refractivity contribution is 5.77. The molecule has 2 rings (SSSR count). The molecule has 2 aromatic rings. The number of aliphatic hydroxyl groups is 2. The number of fused-ring (bicyclic) bond motifs is 1. The summed E-state index contributed by atoms with van der Waals surface area (Å²) in [6.45, 7) is 0.645. The van der Waals surface area contributed by atoms with Gasteiger partial charge in [-0.05, 0) is 26.1 Å². The van der Waals surface area contributed by atoms with Crippen molar-refractivity contribution in [2.24, 2.45) is 0 Å². The normalized spacial score (nSPS) is 15.0. The van der Waals surface area contributed by atoms with Gasteiger partial charge in [-0.15, -0.1) is 0 Å². The smallest absolute Gasteiger partial charge is 0.122 e. The highest BCUT2D eigenvalue weighted by atomic mass is 16.3. The predicted molar refractivity (Wildman–Crippen MR) is 63.4 cm³/mol. The van der Waals surface area contributed by atoms with Crippen LogP contribution in [-0.2, 0) is 0 Å². The number of nitrogens with zero attached hydrogens (tertiary/aromatic N) is 2. The molecule has 0 radical (unpaired) electrons. The second kappa shape index (κ2) is 5.22. The van der Waals surface area contributed by atoms with Crippen molar-refractivity contribution < 1.29 is 10.2 Å². The molecular formula is C11H16N4O2. The number of nitrogens with one attached hydrogen (secondary N) is 2. The van der Waals surface area contributed by atoms with Crippen LogP contribution >= 0.6 is 0 Å². The van der Waals surface area contributed by atoms with Crippen LogP contribution in [0.1, 0.15) is 18.2 Å². The predicted octanol–water partition coefficient (Wildman–Crippen LogP) is -0.0383. The van der Waals surface area contributed by atoms with E-state index < -0.39 is 12.2 Å². The molecule has 0 bridgehead atoms. The zero-order valence-electron chi connectivity index (χ0n) is 9.59. The van der Waals surface area contributed by atoms with Gasteiger partial charge < -0.3 is 15.5 Å². The third-order valence-corrected chi connectivity index (χ3v) is 2.70. The Bertz CT molecular complexity index is 485. The van der Waals surface area contributed by atoms with Crippen LogP contribution in [0.2, 0.25) is 0 Å². The van der Waals surface area contributed by atoms with Crippen molar-refractivity contribution in [1.82, 2.24) is 20.5 Å².